The van der Waals surface area contributed by atoms with E-state index >= 15 is 0 Å². The molecule has 18 heavy (non-hydrogen) atoms. The van der Waals surface area contributed by atoms with Gasteiger partial charge in [0.25, 0.3) is 0 Å². The lowest BCUT2D eigenvalue weighted by Crippen LogP contribution is -2.18. The predicted octanol–water partition coefficient (Wildman–Crippen LogP) is 1.83. The maximum atomic E-state index is 11.2. The van der Waals surface area contributed by atoms with Gasteiger partial charge in [-0.05, 0) is 31.5 Å². The Bertz CT molecular complexity index is 437. The third-order valence-corrected chi connectivity index (χ3v) is 2.40. The van der Waals surface area contributed by atoms with Gasteiger partial charge in [0, 0.05) is 12.1 Å². The Balaban J connectivity index is 2.86. The molecule has 3 N–H and O–H groups in total. The average Bonchev–Trinajstić information content (AvgIpc) is 2.34. The van der Waals surface area contributed by atoms with E-state index in [0.29, 0.717) is 12.3 Å². The van der Waals surface area contributed by atoms with Crippen molar-refractivity contribution in [2.24, 2.45) is 0 Å². The van der Waals surface area contributed by atoms with Crippen molar-refractivity contribution in [1.29, 1.82) is 0 Å². The standard InChI is InChI=1S/C13H17NO4/c1-3-18-14-9(2)12(13(16)17)8-10-4-6-11(15)7-5-10/h4-7,14-15H,3,8H2,1-2H3,(H,16,17). The highest BCUT2D eigenvalue weighted by molar-refractivity contribution is 5.87. The fourth-order valence-electron chi connectivity index (χ4n) is 1.43. The summed E-state index contributed by atoms with van der Waals surface area (Å²) in [6, 6.07) is 6.43. The van der Waals surface area contributed by atoms with E-state index in [0.717, 1.165) is 5.56 Å². The second-order valence-corrected chi connectivity index (χ2v) is 3.79. The van der Waals surface area contributed by atoms with Crippen LogP contribution in [0.15, 0.2) is 35.5 Å². The average molecular weight is 251 g/mol. The largest absolute Gasteiger partial charge is 0.508 e. The minimum atomic E-state index is -0.993. The summed E-state index contributed by atoms with van der Waals surface area (Å²) < 4.78 is 0. The van der Waals surface area contributed by atoms with Gasteiger partial charge in [0.15, 0.2) is 0 Å². The van der Waals surface area contributed by atoms with Gasteiger partial charge in [-0.15, -0.1) is 0 Å². The minimum Gasteiger partial charge on any atom is -0.508 e. The lowest BCUT2D eigenvalue weighted by molar-refractivity contribution is -0.132. The number of hydroxylamine groups is 1. The number of allylic oxidation sites excluding steroid dienone is 1. The first-order chi connectivity index (χ1) is 8.54. The molecular formula is C13H17NO4. The molecule has 1 aromatic carbocycles. The molecular weight excluding hydrogens is 234 g/mol. The van der Waals surface area contributed by atoms with Crippen molar-refractivity contribution < 1.29 is 19.8 Å². The molecule has 5 heteroatoms. The van der Waals surface area contributed by atoms with Crippen LogP contribution < -0.4 is 5.48 Å². The number of phenolic OH excluding ortho intramolecular Hbond substituents is 1. The highest BCUT2D eigenvalue weighted by Crippen LogP contribution is 2.15. The first-order valence-corrected chi connectivity index (χ1v) is 5.63. The highest BCUT2D eigenvalue weighted by atomic mass is 16.6. The van der Waals surface area contributed by atoms with Gasteiger partial charge >= 0.3 is 5.97 Å². The molecule has 0 bridgehead atoms. The molecule has 0 aliphatic carbocycles. The van der Waals surface area contributed by atoms with E-state index < -0.39 is 5.97 Å². The van der Waals surface area contributed by atoms with Crippen LogP contribution in [0.1, 0.15) is 19.4 Å². The molecule has 98 valence electrons. The summed E-state index contributed by atoms with van der Waals surface area (Å²) in [5.74, 6) is -0.837. The lowest BCUT2D eigenvalue weighted by atomic mass is 10.0. The Labute approximate surface area is 106 Å². The molecule has 1 aromatic rings. The number of carbonyl (C=O) groups is 1. The van der Waals surface area contributed by atoms with Crippen molar-refractivity contribution in [3.63, 3.8) is 0 Å². The number of carboxylic acid groups (broad SMARTS) is 1. The molecule has 0 heterocycles. The van der Waals surface area contributed by atoms with Crippen LogP contribution in [-0.2, 0) is 16.1 Å². The molecule has 0 saturated carbocycles. The van der Waals surface area contributed by atoms with Gasteiger partial charge in [0.2, 0.25) is 0 Å². The smallest absolute Gasteiger partial charge is 0.333 e. The maximum absolute atomic E-state index is 11.2. The molecule has 0 amide bonds. The van der Waals surface area contributed by atoms with Crippen molar-refractivity contribution in [3.8, 4) is 5.75 Å². The number of benzene rings is 1. The van der Waals surface area contributed by atoms with Crippen molar-refractivity contribution in [3.05, 3.63) is 41.1 Å². The zero-order valence-corrected chi connectivity index (χ0v) is 10.4. The van der Waals surface area contributed by atoms with E-state index in [1.165, 1.54) is 12.1 Å². The molecule has 1 rings (SSSR count). The highest BCUT2D eigenvalue weighted by Gasteiger charge is 2.12. The lowest BCUT2D eigenvalue weighted by Gasteiger charge is -2.10. The number of hydrogen-bond acceptors (Lipinski definition) is 4. The number of phenols is 1. The van der Waals surface area contributed by atoms with Gasteiger partial charge in [-0.1, -0.05) is 12.1 Å². The number of aliphatic carboxylic acids is 1. The summed E-state index contributed by atoms with van der Waals surface area (Å²) in [7, 11) is 0. The normalized spacial score (nSPS) is 11.9. The van der Waals surface area contributed by atoms with Gasteiger partial charge in [-0.25, -0.2) is 4.79 Å². The zero-order chi connectivity index (χ0) is 13.5. The van der Waals surface area contributed by atoms with Gasteiger partial charge in [-0.2, -0.15) is 0 Å². The van der Waals surface area contributed by atoms with E-state index in [4.69, 9.17) is 15.1 Å². The monoisotopic (exact) mass is 251 g/mol. The van der Waals surface area contributed by atoms with Crippen LogP contribution in [0.2, 0.25) is 0 Å². The maximum Gasteiger partial charge on any atom is 0.333 e. The quantitative estimate of drug-likeness (QED) is 0.531. The van der Waals surface area contributed by atoms with Crippen LogP contribution in [0.4, 0.5) is 0 Å². The number of aromatic hydroxyl groups is 1. The van der Waals surface area contributed by atoms with Crippen molar-refractivity contribution >= 4 is 5.97 Å². The minimum absolute atomic E-state index is 0.156. The van der Waals surface area contributed by atoms with Crippen LogP contribution in [0.3, 0.4) is 0 Å². The predicted molar refractivity (Wildman–Crippen MR) is 66.9 cm³/mol. The third-order valence-electron chi connectivity index (χ3n) is 2.40. The van der Waals surface area contributed by atoms with E-state index in [1.807, 2.05) is 0 Å². The Hall–Kier alpha value is -2.01. The Morgan fingerprint density at radius 3 is 2.44 bits per heavy atom. The molecule has 5 nitrogen and oxygen atoms in total. The van der Waals surface area contributed by atoms with E-state index in [1.54, 1.807) is 26.0 Å². The molecule has 0 saturated heterocycles. The van der Waals surface area contributed by atoms with Crippen LogP contribution in [0.25, 0.3) is 0 Å². The van der Waals surface area contributed by atoms with Gasteiger partial charge in [0.05, 0.1) is 12.2 Å². The first-order valence-electron chi connectivity index (χ1n) is 5.63. The van der Waals surface area contributed by atoms with Crippen molar-refractivity contribution in [2.75, 3.05) is 6.61 Å². The number of nitrogens with one attached hydrogen (secondary N) is 1. The van der Waals surface area contributed by atoms with Crippen LogP contribution in [0, 0.1) is 0 Å². The summed E-state index contributed by atoms with van der Waals surface area (Å²) in [6.07, 6.45) is 0.265. The third kappa shape index (κ3) is 4.10. The fraction of sp³-hybridized carbons (Fsp3) is 0.308. The molecule has 0 aromatic heterocycles. The number of carboxylic acids is 1. The second kappa shape index (κ2) is 6.66. The number of rotatable bonds is 6. The van der Waals surface area contributed by atoms with Gasteiger partial charge in [0.1, 0.15) is 5.75 Å². The van der Waals surface area contributed by atoms with Crippen LogP contribution >= 0.6 is 0 Å². The van der Waals surface area contributed by atoms with E-state index in [-0.39, 0.29) is 17.7 Å². The van der Waals surface area contributed by atoms with E-state index in [2.05, 4.69) is 5.48 Å². The Morgan fingerprint density at radius 2 is 1.94 bits per heavy atom. The summed E-state index contributed by atoms with van der Waals surface area (Å²) in [5, 5.41) is 18.3. The number of hydrogen-bond donors (Lipinski definition) is 3. The molecule has 0 aliphatic heterocycles. The van der Waals surface area contributed by atoms with Crippen molar-refractivity contribution in [2.45, 2.75) is 20.3 Å². The summed E-state index contributed by atoms with van der Waals surface area (Å²) >= 11 is 0. The SMILES string of the molecule is CCONC(C)=C(Cc1ccc(O)cc1)C(=O)O. The van der Waals surface area contributed by atoms with Crippen LogP contribution in [-0.4, -0.2) is 22.8 Å². The topological polar surface area (TPSA) is 78.8 Å². The summed E-state index contributed by atoms with van der Waals surface area (Å²) in [4.78, 5) is 16.1. The van der Waals surface area contributed by atoms with Crippen molar-refractivity contribution in [1.82, 2.24) is 5.48 Å². The summed E-state index contributed by atoms with van der Waals surface area (Å²) in [6.45, 7) is 3.91. The Kier molecular flexibility index (Phi) is 5.20. The van der Waals surface area contributed by atoms with Gasteiger partial charge in [-0.3, -0.25) is 10.3 Å². The summed E-state index contributed by atoms with van der Waals surface area (Å²) in [5.41, 5.74) is 4.10. The molecule has 0 aliphatic rings. The molecule has 0 radical (unpaired) electrons. The fourth-order valence-corrected chi connectivity index (χ4v) is 1.43. The molecule has 0 fully saturated rings. The van der Waals surface area contributed by atoms with E-state index in [9.17, 15) is 4.79 Å². The molecule has 0 spiro atoms. The molecule has 0 unspecified atom stereocenters. The molecule has 0 atom stereocenters. The first kappa shape index (κ1) is 14.1. The van der Waals surface area contributed by atoms with Crippen LogP contribution in [0.5, 0.6) is 5.75 Å². The van der Waals surface area contributed by atoms with Gasteiger partial charge < -0.3 is 10.2 Å². The second-order valence-electron chi connectivity index (χ2n) is 3.79. The zero-order valence-electron chi connectivity index (χ0n) is 10.4. The Morgan fingerprint density at radius 1 is 1.33 bits per heavy atom.